The molecule has 0 aliphatic carbocycles. The van der Waals surface area contributed by atoms with E-state index in [4.69, 9.17) is 0 Å². The van der Waals surface area contributed by atoms with E-state index in [1.165, 1.54) is 5.39 Å². The topological polar surface area (TPSA) is 12.9 Å². The predicted octanol–water partition coefficient (Wildman–Crippen LogP) is 2.83. The summed E-state index contributed by atoms with van der Waals surface area (Å²) in [5.41, 5.74) is 2.06. The SMILES string of the molecule is Cc1ccc2ccc(S)cc2n1. The lowest BCUT2D eigenvalue weighted by atomic mass is 10.2. The van der Waals surface area contributed by atoms with E-state index in [9.17, 15) is 0 Å². The third-order valence-electron chi connectivity index (χ3n) is 1.81. The van der Waals surface area contributed by atoms with Crippen molar-refractivity contribution in [2.45, 2.75) is 11.8 Å². The molecule has 2 rings (SSSR count). The highest BCUT2D eigenvalue weighted by atomic mass is 32.1. The zero-order valence-corrected chi connectivity index (χ0v) is 7.68. The second-order valence-electron chi connectivity index (χ2n) is 2.83. The van der Waals surface area contributed by atoms with Gasteiger partial charge in [-0.1, -0.05) is 12.1 Å². The molecule has 0 saturated heterocycles. The molecule has 0 saturated carbocycles. The first-order valence-corrected chi connectivity index (χ1v) is 4.27. The molecule has 0 atom stereocenters. The number of benzene rings is 1. The first-order valence-electron chi connectivity index (χ1n) is 3.82. The lowest BCUT2D eigenvalue weighted by molar-refractivity contribution is 1.25. The van der Waals surface area contributed by atoms with Gasteiger partial charge in [-0.2, -0.15) is 0 Å². The normalized spacial score (nSPS) is 10.5. The molecule has 0 radical (unpaired) electrons. The molecule has 1 nitrogen and oxygen atoms in total. The van der Waals surface area contributed by atoms with Crippen molar-refractivity contribution in [3.8, 4) is 0 Å². The monoisotopic (exact) mass is 175 g/mol. The van der Waals surface area contributed by atoms with Crippen molar-refractivity contribution in [2.75, 3.05) is 0 Å². The van der Waals surface area contributed by atoms with Crippen LogP contribution in [0.15, 0.2) is 35.2 Å². The van der Waals surface area contributed by atoms with Crippen LogP contribution < -0.4 is 0 Å². The summed E-state index contributed by atoms with van der Waals surface area (Å²) in [7, 11) is 0. The summed E-state index contributed by atoms with van der Waals surface area (Å²) >= 11 is 4.25. The Bertz CT molecular complexity index is 386. The Labute approximate surface area is 76.9 Å². The second kappa shape index (κ2) is 2.79. The fourth-order valence-corrected chi connectivity index (χ4v) is 1.40. The van der Waals surface area contributed by atoms with Gasteiger partial charge in [0, 0.05) is 16.0 Å². The van der Waals surface area contributed by atoms with E-state index in [0.717, 1.165) is 16.1 Å². The molecule has 0 unspecified atom stereocenters. The van der Waals surface area contributed by atoms with E-state index in [2.05, 4.69) is 23.7 Å². The maximum absolute atomic E-state index is 4.39. The number of rotatable bonds is 0. The summed E-state index contributed by atoms with van der Waals surface area (Å²) in [6.45, 7) is 1.99. The average Bonchev–Trinajstić information content (AvgIpc) is 2.03. The van der Waals surface area contributed by atoms with Crippen molar-refractivity contribution in [1.29, 1.82) is 0 Å². The van der Waals surface area contributed by atoms with Gasteiger partial charge in [0.05, 0.1) is 5.52 Å². The quantitative estimate of drug-likeness (QED) is 0.607. The maximum atomic E-state index is 4.39. The first-order chi connectivity index (χ1) is 5.75. The van der Waals surface area contributed by atoms with Gasteiger partial charge >= 0.3 is 0 Å². The number of hydrogen-bond donors (Lipinski definition) is 1. The molecule has 0 aliphatic rings. The van der Waals surface area contributed by atoms with Crippen LogP contribution in [0.25, 0.3) is 10.9 Å². The standard InChI is InChI=1S/C10H9NS/c1-7-2-3-8-4-5-9(12)6-10(8)11-7/h2-6,12H,1H3. The molecule has 60 valence electrons. The van der Waals surface area contributed by atoms with Gasteiger partial charge in [-0.25, -0.2) is 0 Å². The highest BCUT2D eigenvalue weighted by Gasteiger charge is 1.94. The molecule has 1 heterocycles. The van der Waals surface area contributed by atoms with Crippen molar-refractivity contribution in [3.63, 3.8) is 0 Å². The molecule has 12 heavy (non-hydrogen) atoms. The molecule has 1 aromatic carbocycles. The third kappa shape index (κ3) is 1.30. The molecular weight excluding hydrogens is 166 g/mol. The Morgan fingerprint density at radius 3 is 2.75 bits per heavy atom. The molecule has 2 aromatic rings. The number of aryl methyl sites for hydroxylation is 1. The van der Waals surface area contributed by atoms with E-state index < -0.39 is 0 Å². The summed E-state index contributed by atoms with van der Waals surface area (Å²) in [4.78, 5) is 5.35. The van der Waals surface area contributed by atoms with Gasteiger partial charge in [0.15, 0.2) is 0 Å². The number of pyridine rings is 1. The highest BCUT2D eigenvalue weighted by Crippen LogP contribution is 2.16. The van der Waals surface area contributed by atoms with Crippen molar-refractivity contribution < 1.29 is 0 Å². The van der Waals surface area contributed by atoms with E-state index >= 15 is 0 Å². The van der Waals surface area contributed by atoms with Gasteiger partial charge in [0.2, 0.25) is 0 Å². The molecule has 2 heteroatoms. The average molecular weight is 175 g/mol. The van der Waals surface area contributed by atoms with Crippen LogP contribution in [-0.4, -0.2) is 4.98 Å². The Balaban J connectivity index is 2.80. The predicted molar refractivity (Wildman–Crippen MR) is 53.7 cm³/mol. The fraction of sp³-hybridized carbons (Fsp3) is 0.100. The minimum absolute atomic E-state index is 0.959. The molecule has 0 amide bonds. The van der Waals surface area contributed by atoms with Crippen LogP contribution in [0.4, 0.5) is 0 Å². The smallest absolute Gasteiger partial charge is 0.0716 e. The summed E-state index contributed by atoms with van der Waals surface area (Å²) in [6, 6.07) is 10.1. The maximum Gasteiger partial charge on any atom is 0.0716 e. The first kappa shape index (κ1) is 7.62. The van der Waals surface area contributed by atoms with E-state index in [-0.39, 0.29) is 0 Å². The highest BCUT2D eigenvalue weighted by molar-refractivity contribution is 7.80. The lowest BCUT2D eigenvalue weighted by Gasteiger charge is -1.98. The van der Waals surface area contributed by atoms with Crippen LogP contribution in [0.2, 0.25) is 0 Å². The molecule has 0 fully saturated rings. The molecular formula is C10H9NS. The van der Waals surface area contributed by atoms with Gasteiger partial charge < -0.3 is 0 Å². The molecule has 0 aliphatic heterocycles. The summed E-state index contributed by atoms with van der Waals surface area (Å²) in [6.07, 6.45) is 0. The van der Waals surface area contributed by atoms with Crippen molar-refractivity contribution in [3.05, 3.63) is 36.0 Å². The Morgan fingerprint density at radius 1 is 1.17 bits per heavy atom. The fourth-order valence-electron chi connectivity index (χ4n) is 1.21. The van der Waals surface area contributed by atoms with Crippen LogP contribution >= 0.6 is 12.6 Å². The minimum atomic E-state index is 0.959. The van der Waals surface area contributed by atoms with Gasteiger partial charge in [-0.15, -0.1) is 12.6 Å². The third-order valence-corrected chi connectivity index (χ3v) is 2.09. The molecule has 1 aromatic heterocycles. The van der Waals surface area contributed by atoms with Crippen LogP contribution in [0.3, 0.4) is 0 Å². The van der Waals surface area contributed by atoms with Crippen LogP contribution in [0.5, 0.6) is 0 Å². The summed E-state index contributed by atoms with van der Waals surface area (Å²) in [5, 5.41) is 1.17. The van der Waals surface area contributed by atoms with Crippen molar-refractivity contribution >= 4 is 23.5 Å². The number of aromatic nitrogens is 1. The zero-order valence-electron chi connectivity index (χ0n) is 6.78. The number of fused-ring (bicyclic) bond motifs is 1. The van der Waals surface area contributed by atoms with Crippen molar-refractivity contribution in [2.24, 2.45) is 0 Å². The Kier molecular flexibility index (Phi) is 1.77. The van der Waals surface area contributed by atoms with Crippen LogP contribution in [-0.2, 0) is 0 Å². The van der Waals surface area contributed by atoms with Crippen LogP contribution in [0, 0.1) is 6.92 Å². The molecule has 0 N–H and O–H groups in total. The Hall–Kier alpha value is -1.02. The summed E-state index contributed by atoms with van der Waals surface area (Å²) < 4.78 is 0. The zero-order chi connectivity index (χ0) is 8.55. The molecule has 0 spiro atoms. The van der Waals surface area contributed by atoms with Gasteiger partial charge in [-0.3, -0.25) is 4.98 Å². The van der Waals surface area contributed by atoms with E-state index in [0.29, 0.717) is 0 Å². The number of nitrogens with zero attached hydrogens (tertiary/aromatic N) is 1. The van der Waals surface area contributed by atoms with Crippen molar-refractivity contribution in [1.82, 2.24) is 4.98 Å². The lowest BCUT2D eigenvalue weighted by Crippen LogP contribution is -1.82. The molecule has 0 bridgehead atoms. The van der Waals surface area contributed by atoms with E-state index in [1.807, 2.05) is 31.2 Å². The summed E-state index contributed by atoms with van der Waals surface area (Å²) in [5.74, 6) is 0. The van der Waals surface area contributed by atoms with Gasteiger partial charge in [0.25, 0.3) is 0 Å². The van der Waals surface area contributed by atoms with Gasteiger partial charge in [-0.05, 0) is 25.1 Å². The van der Waals surface area contributed by atoms with Crippen LogP contribution in [0.1, 0.15) is 5.69 Å². The largest absolute Gasteiger partial charge is 0.253 e. The number of hydrogen-bond acceptors (Lipinski definition) is 2. The minimum Gasteiger partial charge on any atom is -0.253 e. The Morgan fingerprint density at radius 2 is 1.92 bits per heavy atom. The second-order valence-corrected chi connectivity index (χ2v) is 3.35. The van der Waals surface area contributed by atoms with E-state index in [1.54, 1.807) is 0 Å². The van der Waals surface area contributed by atoms with Gasteiger partial charge in [0.1, 0.15) is 0 Å². The number of thiol groups is 1.